The van der Waals surface area contributed by atoms with Crippen molar-refractivity contribution in [3.8, 4) is 28.4 Å². The highest BCUT2D eigenvalue weighted by Gasteiger charge is 2.59. The van der Waals surface area contributed by atoms with Crippen molar-refractivity contribution in [2.24, 2.45) is 56.6 Å². The van der Waals surface area contributed by atoms with Gasteiger partial charge in [-0.1, -0.05) is 115 Å². The third-order valence-corrected chi connectivity index (χ3v) is 17.8. The highest BCUT2D eigenvalue weighted by molar-refractivity contribution is 5.69. The number of hydrogen-bond acceptors (Lipinski definition) is 7. The zero-order valence-electron chi connectivity index (χ0n) is 45.1. The van der Waals surface area contributed by atoms with Crippen LogP contribution >= 0.6 is 0 Å². The van der Waals surface area contributed by atoms with E-state index in [4.69, 9.17) is 18.9 Å². The van der Waals surface area contributed by atoms with Crippen molar-refractivity contribution >= 4 is 17.3 Å². The summed E-state index contributed by atoms with van der Waals surface area (Å²) >= 11 is 0. The number of benzene rings is 4. The van der Waals surface area contributed by atoms with E-state index in [9.17, 15) is 4.79 Å². The number of carbonyl (C=O) groups is 1. The number of aryl methyl sites for hydroxylation is 1. The van der Waals surface area contributed by atoms with Gasteiger partial charge in [0.15, 0.2) is 0 Å². The summed E-state index contributed by atoms with van der Waals surface area (Å²) in [6.45, 7) is 16.7. The van der Waals surface area contributed by atoms with Gasteiger partial charge in [0, 0.05) is 12.8 Å². The number of fused-ring (bicyclic) bond motifs is 5. The van der Waals surface area contributed by atoms with E-state index in [1.807, 2.05) is 60.7 Å². The second-order valence-electron chi connectivity index (χ2n) is 23.2. The second kappa shape index (κ2) is 25.8. The molecule has 7 heteroatoms. The zero-order chi connectivity index (χ0) is 50.3. The Hall–Kier alpha value is -4.91. The highest BCUT2D eigenvalue weighted by atomic mass is 16.5. The van der Waals surface area contributed by atoms with E-state index in [2.05, 4.69) is 94.2 Å². The normalized spacial score (nSPS) is 25.0. The quantitative estimate of drug-likeness (QED) is 0.0271. The maximum atomic E-state index is 13.0. The van der Waals surface area contributed by atoms with Crippen molar-refractivity contribution in [2.75, 3.05) is 19.8 Å². The Labute approximate surface area is 434 Å². The monoisotopic (exact) mass is 977 g/mol. The molecule has 4 aliphatic carbocycles. The van der Waals surface area contributed by atoms with Gasteiger partial charge in [-0.2, -0.15) is 10.2 Å². The van der Waals surface area contributed by atoms with Gasteiger partial charge in [0.2, 0.25) is 0 Å². The average molecular weight is 977 g/mol. The zero-order valence-corrected chi connectivity index (χ0v) is 45.1. The number of allylic oxidation sites excluding steroid dienone is 1. The van der Waals surface area contributed by atoms with Crippen molar-refractivity contribution < 1.29 is 23.7 Å². The predicted octanol–water partition coefficient (Wildman–Crippen LogP) is 18.2. The first kappa shape index (κ1) is 53.4. The van der Waals surface area contributed by atoms with Crippen LogP contribution in [-0.4, -0.2) is 31.9 Å². The van der Waals surface area contributed by atoms with Crippen LogP contribution in [0.5, 0.6) is 17.2 Å². The van der Waals surface area contributed by atoms with Crippen LogP contribution in [0.1, 0.15) is 169 Å². The van der Waals surface area contributed by atoms with Gasteiger partial charge in [-0.15, -0.1) is 0 Å². The molecule has 0 radical (unpaired) electrons. The molecule has 0 spiro atoms. The number of nitrogens with zero attached hydrogens (tertiary/aromatic N) is 2. The standard InChI is InChI=1S/C65H88N2O5/c1-7-8-17-49-19-26-53(27-20-49)66-67-54-28-34-57(35-29-54)71-45-13-12-44-70-56-32-23-51(24-33-56)50-21-30-55(31-22-50)69-43-11-9-10-18-63(68)72-58-39-41-64(5)52(46-58)25-36-59-61-38-37-60(48(4)16-14-15-47(2)3)65(61,6)42-40-62(59)64/h19-35,47-48,58-62H,7-18,36-46H2,1-6H3/t48-,58+,59+,60-,61+,62+,64+,65-/m1/s1. The molecule has 0 unspecified atom stereocenters. The fraction of sp³-hybridized carbons (Fsp3) is 0.585. The molecule has 0 aliphatic heterocycles. The SMILES string of the molecule is CCCCc1ccc(N=Nc2ccc(OCCCCOc3ccc(-c4ccc(OCCCCCC(=O)O[C@H]5CC[C@@]6(C)C(=CC[C@H]7[C@@H]8CC[C@H]([C@H](C)CCCC(C)C)[C@@]8(C)CC[C@@H]76)C5)cc4)cc3)cc2)cc1. The second-order valence-corrected chi connectivity index (χ2v) is 23.2. The van der Waals surface area contributed by atoms with Gasteiger partial charge < -0.3 is 18.9 Å². The molecule has 0 heterocycles. The number of carbonyl (C=O) groups excluding carboxylic acids is 1. The summed E-state index contributed by atoms with van der Waals surface area (Å²) in [6, 6.07) is 32.6. The molecule has 3 fully saturated rings. The van der Waals surface area contributed by atoms with E-state index in [0.717, 1.165) is 133 Å². The van der Waals surface area contributed by atoms with Gasteiger partial charge in [-0.3, -0.25) is 4.79 Å². The van der Waals surface area contributed by atoms with Gasteiger partial charge in [0.1, 0.15) is 23.4 Å². The summed E-state index contributed by atoms with van der Waals surface area (Å²) in [7, 11) is 0. The van der Waals surface area contributed by atoms with Crippen LogP contribution in [0.25, 0.3) is 11.1 Å². The summed E-state index contributed by atoms with van der Waals surface area (Å²) in [5.74, 6) is 7.60. The van der Waals surface area contributed by atoms with Gasteiger partial charge >= 0.3 is 5.97 Å². The highest BCUT2D eigenvalue weighted by Crippen LogP contribution is 2.67. The molecule has 0 aromatic heterocycles. The van der Waals surface area contributed by atoms with Gasteiger partial charge in [-0.05, 0) is 214 Å². The first-order valence-corrected chi connectivity index (χ1v) is 28.6. The van der Waals surface area contributed by atoms with Crippen LogP contribution in [0.3, 0.4) is 0 Å². The molecular weight excluding hydrogens is 889 g/mol. The molecule has 8 atom stereocenters. The lowest BCUT2D eigenvalue weighted by Gasteiger charge is -2.58. The van der Waals surface area contributed by atoms with Crippen LogP contribution in [0, 0.1) is 46.3 Å². The fourth-order valence-electron chi connectivity index (χ4n) is 13.6. The molecule has 4 aromatic carbocycles. The maximum absolute atomic E-state index is 13.0. The van der Waals surface area contributed by atoms with E-state index in [0.29, 0.717) is 31.7 Å². The first-order chi connectivity index (χ1) is 35.0. The summed E-state index contributed by atoms with van der Waals surface area (Å²) in [6.07, 6.45) is 25.4. The molecule has 388 valence electrons. The summed E-state index contributed by atoms with van der Waals surface area (Å²) in [4.78, 5) is 13.0. The van der Waals surface area contributed by atoms with Crippen LogP contribution in [0.15, 0.2) is 119 Å². The number of azo groups is 1. The summed E-state index contributed by atoms with van der Waals surface area (Å²) in [5.41, 5.74) is 7.67. The van der Waals surface area contributed by atoms with Gasteiger partial charge in [-0.25, -0.2) is 0 Å². The Morgan fingerprint density at radius 1 is 0.625 bits per heavy atom. The van der Waals surface area contributed by atoms with E-state index in [1.165, 1.54) is 69.8 Å². The predicted molar refractivity (Wildman–Crippen MR) is 295 cm³/mol. The van der Waals surface area contributed by atoms with E-state index in [-0.39, 0.29) is 17.5 Å². The summed E-state index contributed by atoms with van der Waals surface area (Å²) < 4.78 is 24.2. The third-order valence-electron chi connectivity index (χ3n) is 17.8. The van der Waals surface area contributed by atoms with E-state index < -0.39 is 0 Å². The molecule has 4 aliphatic rings. The van der Waals surface area contributed by atoms with E-state index >= 15 is 0 Å². The molecule has 8 rings (SSSR count). The van der Waals surface area contributed by atoms with Crippen LogP contribution in [-0.2, 0) is 16.0 Å². The Balaban J connectivity index is 0.663. The van der Waals surface area contributed by atoms with Crippen molar-refractivity contribution in [1.29, 1.82) is 0 Å². The molecular formula is C65H88N2O5. The molecule has 0 N–H and O–H groups in total. The van der Waals surface area contributed by atoms with E-state index in [1.54, 1.807) is 5.57 Å². The molecule has 72 heavy (non-hydrogen) atoms. The van der Waals surface area contributed by atoms with Crippen molar-refractivity contribution in [3.63, 3.8) is 0 Å². The van der Waals surface area contributed by atoms with Crippen LogP contribution < -0.4 is 14.2 Å². The largest absolute Gasteiger partial charge is 0.494 e. The Bertz CT molecular complexity index is 2340. The summed E-state index contributed by atoms with van der Waals surface area (Å²) in [5, 5.41) is 8.76. The number of ether oxygens (including phenoxy) is 4. The minimum absolute atomic E-state index is 0.0263. The van der Waals surface area contributed by atoms with Crippen molar-refractivity contribution in [3.05, 3.63) is 114 Å². The lowest BCUT2D eigenvalue weighted by molar-refractivity contribution is -0.151. The van der Waals surface area contributed by atoms with Gasteiger partial charge in [0.05, 0.1) is 31.2 Å². The molecule has 0 amide bonds. The molecule has 4 aromatic rings. The first-order valence-electron chi connectivity index (χ1n) is 28.6. The van der Waals surface area contributed by atoms with Crippen LogP contribution in [0.2, 0.25) is 0 Å². The Morgan fingerprint density at radius 3 is 1.81 bits per heavy atom. The third kappa shape index (κ3) is 14.0. The Kier molecular flexibility index (Phi) is 19.2. The smallest absolute Gasteiger partial charge is 0.306 e. The fourth-order valence-corrected chi connectivity index (χ4v) is 13.6. The lowest BCUT2D eigenvalue weighted by Crippen LogP contribution is -2.51. The minimum Gasteiger partial charge on any atom is -0.494 e. The van der Waals surface area contributed by atoms with Gasteiger partial charge in [0.25, 0.3) is 0 Å². The Morgan fingerprint density at radius 2 is 1.21 bits per heavy atom. The minimum atomic E-state index is -0.0263. The van der Waals surface area contributed by atoms with Crippen molar-refractivity contribution in [2.45, 2.75) is 176 Å². The number of unbranched alkanes of at least 4 members (excludes halogenated alkanes) is 4. The topological polar surface area (TPSA) is 78.7 Å². The van der Waals surface area contributed by atoms with Crippen LogP contribution in [0.4, 0.5) is 11.4 Å². The lowest BCUT2D eigenvalue weighted by atomic mass is 9.47. The molecule has 0 saturated heterocycles. The number of rotatable bonds is 26. The average Bonchev–Trinajstić information content (AvgIpc) is 3.75. The maximum Gasteiger partial charge on any atom is 0.306 e. The molecule has 0 bridgehead atoms. The molecule has 3 saturated carbocycles. The van der Waals surface area contributed by atoms with Crippen molar-refractivity contribution in [1.82, 2.24) is 0 Å². The number of hydrogen-bond donors (Lipinski definition) is 0. The number of esters is 1. The molecule has 7 nitrogen and oxygen atoms in total.